The fourth-order valence-corrected chi connectivity index (χ4v) is 2.45. The minimum Gasteiger partial charge on any atom is -0.293 e. The highest BCUT2D eigenvalue weighted by molar-refractivity contribution is 6.76. The summed E-state index contributed by atoms with van der Waals surface area (Å²) >= 11 is 0. The van der Waals surface area contributed by atoms with Crippen molar-refractivity contribution in [3.63, 3.8) is 0 Å². The molecule has 3 rings (SSSR count). The first-order valence-electron chi connectivity index (χ1n) is 6.27. The van der Waals surface area contributed by atoms with Crippen molar-refractivity contribution in [3.8, 4) is 0 Å². The Morgan fingerprint density at radius 3 is 2.50 bits per heavy atom. The Hall–Kier alpha value is -2.03. The van der Waals surface area contributed by atoms with Gasteiger partial charge in [0.05, 0.1) is 19.4 Å². The maximum Gasteiger partial charge on any atom is 0.402 e. The third-order valence-corrected chi connectivity index (χ3v) is 3.43. The Morgan fingerprint density at radius 1 is 1.00 bits per heavy atom. The molecule has 3 heteroatoms. The minimum absolute atomic E-state index is 0.369. The average molecular weight is 235 g/mol. The van der Waals surface area contributed by atoms with E-state index in [9.17, 15) is 0 Å². The van der Waals surface area contributed by atoms with Crippen molar-refractivity contribution in [1.29, 1.82) is 0 Å². The molecule has 1 aromatic carbocycles. The molecule has 1 aromatic heterocycles. The molecule has 0 saturated carbocycles. The lowest BCUT2D eigenvalue weighted by Crippen LogP contribution is -2.47. The molecule has 2 heterocycles. The molecule has 0 amide bonds. The summed E-state index contributed by atoms with van der Waals surface area (Å²) in [5, 5.41) is 2.60. The molecular weight excluding hydrogens is 219 g/mol. The van der Waals surface area contributed by atoms with Gasteiger partial charge in [0.15, 0.2) is 0 Å². The maximum atomic E-state index is 2.31. The van der Waals surface area contributed by atoms with E-state index in [0.29, 0.717) is 6.85 Å². The summed E-state index contributed by atoms with van der Waals surface area (Å²) in [6.07, 6.45) is 4.31. The van der Waals surface area contributed by atoms with Crippen LogP contribution < -0.4 is 19.8 Å². The second-order valence-corrected chi connectivity index (χ2v) is 4.74. The molecular formula is C15H16BN2+. The second kappa shape index (κ2) is 4.33. The van der Waals surface area contributed by atoms with E-state index in [0.717, 1.165) is 0 Å². The molecule has 88 valence electrons. The first-order chi connectivity index (χ1) is 8.75. The summed E-state index contributed by atoms with van der Waals surface area (Å²) < 4.78 is 2.15. The lowest BCUT2D eigenvalue weighted by Gasteiger charge is -2.19. The largest absolute Gasteiger partial charge is 0.402 e. The highest BCUT2D eigenvalue weighted by Crippen LogP contribution is 2.11. The van der Waals surface area contributed by atoms with Gasteiger partial charge in [-0.05, 0) is 18.1 Å². The van der Waals surface area contributed by atoms with Crippen molar-refractivity contribution >= 4 is 24.8 Å². The topological polar surface area (TPSA) is 7.12 Å². The number of nitrogens with zero attached hydrogens (tertiary/aromatic N) is 2. The van der Waals surface area contributed by atoms with Crippen LogP contribution in [0, 0.1) is 0 Å². The Morgan fingerprint density at radius 2 is 1.72 bits per heavy atom. The van der Waals surface area contributed by atoms with Gasteiger partial charge < -0.3 is 0 Å². The zero-order valence-electron chi connectivity index (χ0n) is 10.7. The minimum atomic E-state index is 0.369. The fourth-order valence-electron chi connectivity index (χ4n) is 2.45. The van der Waals surface area contributed by atoms with Crippen LogP contribution in [0.2, 0.25) is 6.82 Å². The van der Waals surface area contributed by atoms with E-state index >= 15 is 0 Å². The first-order valence-corrected chi connectivity index (χ1v) is 6.27. The molecule has 2 aromatic rings. The predicted molar refractivity (Wildman–Crippen MR) is 76.3 cm³/mol. The van der Waals surface area contributed by atoms with Crippen LogP contribution in [0.15, 0.2) is 48.7 Å². The summed E-state index contributed by atoms with van der Waals surface area (Å²) in [7, 11) is 2.08. The normalized spacial score (nSPS) is 13.7. The molecule has 0 spiro atoms. The van der Waals surface area contributed by atoms with Crippen molar-refractivity contribution in [2.24, 2.45) is 7.05 Å². The van der Waals surface area contributed by atoms with Gasteiger partial charge in [-0.2, -0.15) is 0 Å². The Bertz CT molecular complexity index is 694. The van der Waals surface area contributed by atoms with Crippen molar-refractivity contribution in [3.05, 3.63) is 59.1 Å². The molecule has 0 saturated heterocycles. The van der Waals surface area contributed by atoms with Crippen LogP contribution in [0.25, 0.3) is 12.2 Å². The monoisotopic (exact) mass is 235 g/mol. The van der Waals surface area contributed by atoms with Gasteiger partial charge >= 0.3 is 6.85 Å². The van der Waals surface area contributed by atoms with Crippen LogP contribution in [0.5, 0.6) is 0 Å². The quantitative estimate of drug-likeness (QED) is 0.521. The zero-order chi connectivity index (χ0) is 12.5. The van der Waals surface area contributed by atoms with Gasteiger partial charge in [0.25, 0.3) is 5.82 Å². The molecule has 0 fully saturated rings. The standard InChI is InChI=1S/C15H16BN2/c1-16-11-13-7-3-4-8-14(13)12-18(16)15-9-5-6-10-17(15)2/h3-12H,1-2H3/q+1. The number of aryl methyl sites for hydroxylation is 1. The zero-order valence-corrected chi connectivity index (χ0v) is 10.7. The van der Waals surface area contributed by atoms with Crippen LogP contribution in [0.1, 0.15) is 0 Å². The van der Waals surface area contributed by atoms with E-state index in [-0.39, 0.29) is 0 Å². The van der Waals surface area contributed by atoms with E-state index < -0.39 is 0 Å². The van der Waals surface area contributed by atoms with E-state index in [4.69, 9.17) is 0 Å². The molecule has 1 aliphatic heterocycles. The molecule has 2 nitrogen and oxygen atoms in total. The maximum absolute atomic E-state index is 2.31. The third-order valence-electron chi connectivity index (χ3n) is 3.43. The van der Waals surface area contributed by atoms with Crippen molar-refractivity contribution < 1.29 is 4.57 Å². The van der Waals surface area contributed by atoms with Gasteiger partial charge in [0.1, 0.15) is 0 Å². The lowest BCUT2D eigenvalue weighted by molar-refractivity contribution is -0.658. The van der Waals surface area contributed by atoms with Gasteiger partial charge in [0, 0.05) is 11.3 Å². The number of aromatic nitrogens is 1. The van der Waals surface area contributed by atoms with Crippen LogP contribution in [-0.4, -0.2) is 6.85 Å². The molecule has 0 aliphatic carbocycles. The number of pyridine rings is 1. The number of anilines is 1. The number of fused-ring (bicyclic) bond motifs is 1. The number of benzene rings is 1. The Balaban J connectivity index is 2.16. The fraction of sp³-hybridized carbons (Fsp3) is 0.133. The van der Waals surface area contributed by atoms with Gasteiger partial charge in [-0.15, -0.1) is 0 Å². The Kier molecular flexibility index (Phi) is 2.67. The summed E-state index contributed by atoms with van der Waals surface area (Å²) in [5.41, 5.74) is 0. The van der Waals surface area contributed by atoms with E-state index in [2.05, 4.69) is 84.1 Å². The van der Waals surface area contributed by atoms with Crippen LogP contribution in [0.4, 0.5) is 5.82 Å². The first kappa shape index (κ1) is 11.1. The molecule has 0 atom stereocenters. The summed E-state index contributed by atoms with van der Waals surface area (Å²) in [6, 6.07) is 14.8. The van der Waals surface area contributed by atoms with Crippen molar-refractivity contribution in [1.82, 2.24) is 0 Å². The SMILES string of the molecule is CB1C=c2ccccc2=CN1c1cccc[n+]1C. The Labute approximate surface area is 108 Å². The second-order valence-electron chi connectivity index (χ2n) is 4.74. The van der Waals surface area contributed by atoms with Gasteiger partial charge in [-0.1, -0.05) is 36.3 Å². The van der Waals surface area contributed by atoms with Crippen molar-refractivity contribution in [2.45, 2.75) is 6.82 Å². The summed E-state index contributed by atoms with van der Waals surface area (Å²) in [5.74, 6) is 3.51. The van der Waals surface area contributed by atoms with E-state index in [1.54, 1.807) is 0 Å². The van der Waals surface area contributed by atoms with E-state index in [1.807, 2.05) is 0 Å². The van der Waals surface area contributed by atoms with Crippen molar-refractivity contribution in [2.75, 3.05) is 4.81 Å². The van der Waals surface area contributed by atoms with Crippen LogP contribution in [-0.2, 0) is 7.05 Å². The number of hydrogen-bond donors (Lipinski definition) is 0. The lowest BCUT2D eigenvalue weighted by atomic mass is 9.61. The smallest absolute Gasteiger partial charge is 0.293 e. The molecule has 0 radical (unpaired) electrons. The molecule has 18 heavy (non-hydrogen) atoms. The third kappa shape index (κ3) is 1.82. The summed E-state index contributed by atoms with van der Waals surface area (Å²) in [6.45, 7) is 2.59. The van der Waals surface area contributed by atoms with Crippen LogP contribution in [0.3, 0.4) is 0 Å². The van der Waals surface area contributed by atoms with Crippen LogP contribution >= 0.6 is 0 Å². The average Bonchev–Trinajstić information content (AvgIpc) is 2.39. The molecule has 0 N–H and O–H groups in total. The molecule has 1 aliphatic rings. The van der Waals surface area contributed by atoms with Gasteiger partial charge in [-0.25, -0.2) is 4.57 Å². The number of rotatable bonds is 1. The number of hydrogen-bond acceptors (Lipinski definition) is 1. The molecule has 0 bridgehead atoms. The van der Waals surface area contributed by atoms with Gasteiger partial charge in [0.2, 0.25) is 0 Å². The summed E-state index contributed by atoms with van der Waals surface area (Å²) in [4.78, 5) is 2.31. The van der Waals surface area contributed by atoms with E-state index in [1.165, 1.54) is 16.3 Å². The van der Waals surface area contributed by atoms with Gasteiger partial charge in [-0.3, -0.25) is 4.81 Å². The highest BCUT2D eigenvalue weighted by Gasteiger charge is 2.26. The molecule has 0 unspecified atom stereocenters. The highest BCUT2D eigenvalue weighted by atomic mass is 15.2. The predicted octanol–water partition coefficient (Wildman–Crippen LogP) is 0.710.